The highest BCUT2D eigenvalue weighted by Gasteiger charge is 2.32. The molecule has 0 aromatic heterocycles. The van der Waals surface area contributed by atoms with Crippen LogP contribution in [-0.4, -0.2) is 32.0 Å². The van der Waals surface area contributed by atoms with Gasteiger partial charge in [0.2, 0.25) is 5.91 Å². The van der Waals surface area contributed by atoms with Crippen LogP contribution in [0.4, 0.5) is 11.4 Å². The van der Waals surface area contributed by atoms with E-state index < -0.39 is 0 Å². The van der Waals surface area contributed by atoms with Crippen LogP contribution in [0, 0.1) is 0 Å². The van der Waals surface area contributed by atoms with Crippen LogP contribution in [0.1, 0.15) is 60.8 Å². The zero-order valence-corrected chi connectivity index (χ0v) is 21.0. The maximum Gasteiger partial charge on any atom is 0.239 e. The average Bonchev–Trinajstić information content (AvgIpc) is 2.84. The summed E-state index contributed by atoms with van der Waals surface area (Å²) in [4.78, 5) is 18.3. The molecule has 3 aromatic rings. The lowest BCUT2D eigenvalue weighted by Crippen LogP contribution is -2.33. The number of carbonyl (C=O) groups excluding carboxylic acids is 1. The number of ether oxygens (including phenoxy) is 1. The minimum Gasteiger partial charge on any atom is -0.497 e. The van der Waals surface area contributed by atoms with Gasteiger partial charge in [0.15, 0.2) is 0 Å². The molecule has 0 fully saturated rings. The lowest BCUT2D eigenvalue weighted by Gasteiger charge is -2.31. The second-order valence-electron chi connectivity index (χ2n) is 9.83. The number of methoxy groups -OCH3 is 1. The Hall–Kier alpha value is -3.11. The summed E-state index contributed by atoms with van der Waals surface area (Å²) in [6, 6.07) is 23.0. The molecule has 0 N–H and O–H groups in total. The minimum atomic E-state index is -0.190. The lowest BCUT2D eigenvalue weighted by atomic mass is 9.81. The van der Waals surface area contributed by atoms with Crippen molar-refractivity contribution in [2.45, 2.75) is 51.5 Å². The summed E-state index contributed by atoms with van der Waals surface area (Å²) >= 11 is 0. The fourth-order valence-electron chi connectivity index (χ4n) is 4.84. The molecule has 1 aliphatic carbocycles. The van der Waals surface area contributed by atoms with E-state index in [1.54, 1.807) is 7.11 Å². The van der Waals surface area contributed by atoms with Crippen molar-refractivity contribution in [1.29, 1.82) is 0 Å². The SMILES string of the molecule is COc1ccc2c(c1)[C@@H](C(=O)N(c1ccc(CN(C)C)cc1)c1ccc(C(C)C)cc1)CCC2. The van der Waals surface area contributed by atoms with Gasteiger partial charge >= 0.3 is 0 Å². The van der Waals surface area contributed by atoms with E-state index in [1.165, 1.54) is 16.7 Å². The number of aryl methyl sites for hydroxylation is 1. The number of rotatable bonds is 7. The molecule has 0 aliphatic heterocycles. The number of fused-ring (bicyclic) bond motifs is 1. The predicted octanol–water partition coefficient (Wildman–Crippen LogP) is 6.67. The van der Waals surface area contributed by atoms with Crippen molar-refractivity contribution in [2.24, 2.45) is 0 Å². The van der Waals surface area contributed by atoms with Gasteiger partial charge < -0.3 is 9.64 Å². The molecule has 0 unspecified atom stereocenters. The van der Waals surface area contributed by atoms with E-state index in [0.717, 1.165) is 48.5 Å². The highest BCUT2D eigenvalue weighted by molar-refractivity contribution is 6.04. The summed E-state index contributed by atoms with van der Waals surface area (Å²) in [7, 11) is 5.81. The van der Waals surface area contributed by atoms with E-state index in [9.17, 15) is 4.79 Å². The first kappa shape index (κ1) is 24.0. The van der Waals surface area contributed by atoms with Crippen molar-refractivity contribution < 1.29 is 9.53 Å². The Kier molecular flexibility index (Phi) is 7.38. The van der Waals surface area contributed by atoms with Gasteiger partial charge in [-0.1, -0.05) is 44.2 Å². The number of anilines is 2. The molecule has 0 saturated heterocycles. The molecule has 34 heavy (non-hydrogen) atoms. The normalized spacial score (nSPS) is 15.3. The van der Waals surface area contributed by atoms with Gasteiger partial charge in [0.1, 0.15) is 5.75 Å². The molecule has 0 saturated carbocycles. The average molecular weight is 457 g/mol. The van der Waals surface area contributed by atoms with Gasteiger partial charge in [-0.25, -0.2) is 0 Å². The summed E-state index contributed by atoms with van der Waals surface area (Å²) in [5.41, 5.74) is 6.66. The van der Waals surface area contributed by atoms with Gasteiger partial charge in [-0.3, -0.25) is 9.69 Å². The third-order valence-electron chi connectivity index (χ3n) is 6.70. The van der Waals surface area contributed by atoms with E-state index in [-0.39, 0.29) is 11.8 Å². The smallest absolute Gasteiger partial charge is 0.239 e. The van der Waals surface area contributed by atoms with Gasteiger partial charge in [-0.05, 0) is 97.9 Å². The van der Waals surface area contributed by atoms with Gasteiger partial charge in [0, 0.05) is 17.9 Å². The minimum absolute atomic E-state index is 0.117. The van der Waals surface area contributed by atoms with Crippen molar-refractivity contribution in [3.8, 4) is 5.75 Å². The lowest BCUT2D eigenvalue weighted by molar-refractivity contribution is -0.119. The number of carbonyl (C=O) groups is 1. The van der Waals surface area contributed by atoms with Crippen molar-refractivity contribution in [3.63, 3.8) is 0 Å². The van der Waals surface area contributed by atoms with E-state index in [0.29, 0.717) is 5.92 Å². The number of hydrogen-bond acceptors (Lipinski definition) is 3. The third kappa shape index (κ3) is 5.18. The van der Waals surface area contributed by atoms with Crippen LogP contribution in [0.2, 0.25) is 0 Å². The second kappa shape index (κ2) is 10.4. The zero-order chi connectivity index (χ0) is 24.2. The number of amides is 1. The van der Waals surface area contributed by atoms with Crippen LogP contribution in [-0.2, 0) is 17.8 Å². The molecule has 0 radical (unpaired) electrons. The topological polar surface area (TPSA) is 32.8 Å². The van der Waals surface area contributed by atoms with E-state index >= 15 is 0 Å². The number of hydrogen-bond donors (Lipinski definition) is 0. The molecule has 1 atom stereocenters. The van der Waals surface area contributed by atoms with Gasteiger partial charge in [-0.2, -0.15) is 0 Å². The second-order valence-corrected chi connectivity index (χ2v) is 9.83. The van der Waals surface area contributed by atoms with Crippen LogP contribution < -0.4 is 9.64 Å². The van der Waals surface area contributed by atoms with Crippen LogP contribution in [0.25, 0.3) is 0 Å². The maximum atomic E-state index is 14.2. The van der Waals surface area contributed by atoms with Crippen molar-refractivity contribution in [2.75, 3.05) is 26.1 Å². The fourth-order valence-corrected chi connectivity index (χ4v) is 4.84. The van der Waals surface area contributed by atoms with E-state index in [1.807, 2.05) is 11.0 Å². The Bertz CT molecular complexity index is 1120. The van der Waals surface area contributed by atoms with Gasteiger partial charge in [-0.15, -0.1) is 0 Å². The Morgan fingerprint density at radius 3 is 2.21 bits per heavy atom. The van der Waals surface area contributed by atoms with Crippen molar-refractivity contribution in [1.82, 2.24) is 4.90 Å². The summed E-state index contributed by atoms with van der Waals surface area (Å²) < 4.78 is 5.49. The zero-order valence-electron chi connectivity index (χ0n) is 21.0. The molecule has 1 aliphatic rings. The van der Waals surface area contributed by atoms with Crippen LogP contribution >= 0.6 is 0 Å². The summed E-state index contributed by atoms with van der Waals surface area (Å²) in [6.45, 7) is 5.24. The van der Waals surface area contributed by atoms with Crippen molar-refractivity contribution in [3.05, 3.63) is 89.0 Å². The molecule has 0 heterocycles. The maximum absolute atomic E-state index is 14.2. The molecule has 4 rings (SSSR count). The highest BCUT2D eigenvalue weighted by Crippen LogP contribution is 2.38. The largest absolute Gasteiger partial charge is 0.497 e. The van der Waals surface area contributed by atoms with Crippen molar-refractivity contribution >= 4 is 17.3 Å². The third-order valence-corrected chi connectivity index (χ3v) is 6.70. The Morgan fingerprint density at radius 1 is 0.971 bits per heavy atom. The molecule has 178 valence electrons. The highest BCUT2D eigenvalue weighted by atomic mass is 16.5. The van der Waals surface area contributed by atoms with Crippen LogP contribution in [0.5, 0.6) is 5.75 Å². The molecule has 4 nitrogen and oxygen atoms in total. The Balaban J connectivity index is 1.75. The summed E-state index contributed by atoms with van der Waals surface area (Å²) in [5.74, 6) is 1.18. The molecule has 1 amide bonds. The molecule has 3 aromatic carbocycles. The summed E-state index contributed by atoms with van der Waals surface area (Å²) in [5, 5.41) is 0. The predicted molar refractivity (Wildman–Crippen MR) is 140 cm³/mol. The molecule has 0 spiro atoms. The van der Waals surface area contributed by atoms with Crippen LogP contribution in [0.3, 0.4) is 0 Å². The quantitative estimate of drug-likeness (QED) is 0.398. The van der Waals surface area contributed by atoms with E-state index in [4.69, 9.17) is 4.74 Å². The van der Waals surface area contributed by atoms with E-state index in [2.05, 4.69) is 93.5 Å². The fraction of sp³-hybridized carbons (Fsp3) is 0.367. The summed E-state index contributed by atoms with van der Waals surface area (Å²) in [6.07, 6.45) is 2.86. The van der Waals surface area contributed by atoms with Gasteiger partial charge in [0.25, 0.3) is 0 Å². The Labute approximate surface area is 204 Å². The first-order valence-corrected chi connectivity index (χ1v) is 12.2. The Morgan fingerprint density at radius 2 is 1.62 bits per heavy atom. The van der Waals surface area contributed by atoms with Crippen LogP contribution in [0.15, 0.2) is 66.7 Å². The first-order chi connectivity index (χ1) is 16.4. The standard InChI is InChI=1S/C30H36N2O2/c1-21(2)23-11-16-26(17-12-23)32(25-14-9-22(10-15-25)20-31(3)4)30(33)28-8-6-7-24-13-18-27(34-5)19-29(24)28/h9-19,21,28H,6-8,20H2,1-5H3/t28-/m0/s1. The first-order valence-electron chi connectivity index (χ1n) is 12.2. The monoisotopic (exact) mass is 456 g/mol. The molecule has 4 heteroatoms. The molecular weight excluding hydrogens is 420 g/mol. The molecular formula is C30H36N2O2. The van der Waals surface area contributed by atoms with Gasteiger partial charge in [0.05, 0.1) is 13.0 Å². The number of nitrogens with zero attached hydrogens (tertiary/aromatic N) is 2. The number of benzene rings is 3. The molecule has 0 bridgehead atoms.